The quantitative estimate of drug-likeness (QED) is 0.477. The standard InChI is InChI=1S/C18H29N3O/c1-3-13-22-15-17-10-6-5-9-16(17)14-20-18(19-4-2)21-11-7-8-12-21/h5-6,9-10H,3-4,7-8,11-15H2,1-2H3,(H,19,20). The van der Waals surface area contributed by atoms with Crippen LogP contribution in [0, 0.1) is 0 Å². The van der Waals surface area contributed by atoms with Crippen molar-refractivity contribution in [3.63, 3.8) is 0 Å². The third-order valence-corrected chi connectivity index (χ3v) is 3.86. The molecule has 1 fully saturated rings. The molecule has 0 atom stereocenters. The highest BCUT2D eigenvalue weighted by molar-refractivity contribution is 5.80. The predicted octanol–water partition coefficient (Wildman–Crippen LogP) is 3.17. The minimum atomic E-state index is 0.680. The van der Waals surface area contributed by atoms with E-state index in [0.29, 0.717) is 13.2 Å². The van der Waals surface area contributed by atoms with Gasteiger partial charge in [-0.25, -0.2) is 4.99 Å². The molecule has 22 heavy (non-hydrogen) atoms. The van der Waals surface area contributed by atoms with Crippen LogP contribution in [0.15, 0.2) is 29.3 Å². The molecule has 122 valence electrons. The van der Waals surface area contributed by atoms with Crippen molar-refractivity contribution < 1.29 is 4.74 Å². The van der Waals surface area contributed by atoms with Gasteiger partial charge in [-0.3, -0.25) is 0 Å². The first kappa shape index (κ1) is 16.8. The summed E-state index contributed by atoms with van der Waals surface area (Å²) in [6.45, 7) is 9.61. The zero-order valence-electron chi connectivity index (χ0n) is 14.0. The van der Waals surface area contributed by atoms with E-state index in [-0.39, 0.29) is 0 Å². The number of nitrogens with one attached hydrogen (secondary N) is 1. The number of hydrogen-bond acceptors (Lipinski definition) is 2. The van der Waals surface area contributed by atoms with Gasteiger partial charge in [-0.2, -0.15) is 0 Å². The highest BCUT2D eigenvalue weighted by atomic mass is 16.5. The highest BCUT2D eigenvalue weighted by Gasteiger charge is 2.15. The lowest BCUT2D eigenvalue weighted by atomic mass is 10.1. The normalized spacial score (nSPS) is 15.4. The van der Waals surface area contributed by atoms with Crippen molar-refractivity contribution in [3.05, 3.63) is 35.4 Å². The first-order valence-corrected chi connectivity index (χ1v) is 8.53. The van der Waals surface area contributed by atoms with E-state index >= 15 is 0 Å². The molecule has 1 heterocycles. The van der Waals surface area contributed by atoms with Gasteiger partial charge in [0.05, 0.1) is 13.2 Å². The molecule has 0 aliphatic carbocycles. The summed E-state index contributed by atoms with van der Waals surface area (Å²) in [5.41, 5.74) is 2.50. The third kappa shape index (κ3) is 5.02. The summed E-state index contributed by atoms with van der Waals surface area (Å²) in [5, 5.41) is 3.41. The van der Waals surface area contributed by atoms with Crippen LogP contribution in [0.4, 0.5) is 0 Å². The minimum Gasteiger partial charge on any atom is -0.377 e. The molecule has 1 aliphatic rings. The maximum Gasteiger partial charge on any atom is 0.194 e. The first-order valence-electron chi connectivity index (χ1n) is 8.53. The van der Waals surface area contributed by atoms with E-state index in [4.69, 9.17) is 9.73 Å². The molecule has 0 spiro atoms. The number of hydrogen-bond donors (Lipinski definition) is 1. The molecule has 0 aromatic heterocycles. The van der Waals surface area contributed by atoms with E-state index in [0.717, 1.165) is 38.6 Å². The molecule has 0 unspecified atom stereocenters. The largest absolute Gasteiger partial charge is 0.377 e. The van der Waals surface area contributed by atoms with Crippen molar-refractivity contribution in [1.29, 1.82) is 0 Å². The van der Waals surface area contributed by atoms with Crippen LogP contribution in [0.2, 0.25) is 0 Å². The second-order valence-electron chi connectivity index (χ2n) is 5.69. The summed E-state index contributed by atoms with van der Waals surface area (Å²) in [6.07, 6.45) is 3.59. The summed E-state index contributed by atoms with van der Waals surface area (Å²) in [4.78, 5) is 7.19. The molecule has 1 aromatic rings. The molecule has 1 aliphatic heterocycles. The van der Waals surface area contributed by atoms with Gasteiger partial charge in [0.2, 0.25) is 0 Å². The Labute approximate surface area is 134 Å². The van der Waals surface area contributed by atoms with Gasteiger partial charge in [0.25, 0.3) is 0 Å². The summed E-state index contributed by atoms with van der Waals surface area (Å²) >= 11 is 0. The number of ether oxygens (including phenoxy) is 1. The van der Waals surface area contributed by atoms with Gasteiger partial charge in [-0.05, 0) is 37.3 Å². The lowest BCUT2D eigenvalue weighted by Gasteiger charge is -2.21. The van der Waals surface area contributed by atoms with Crippen LogP contribution in [0.5, 0.6) is 0 Å². The third-order valence-electron chi connectivity index (χ3n) is 3.86. The van der Waals surface area contributed by atoms with Crippen LogP contribution in [0.25, 0.3) is 0 Å². The summed E-state index contributed by atoms with van der Waals surface area (Å²) in [5.74, 6) is 1.05. The zero-order valence-corrected chi connectivity index (χ0v) is 14.0. The van der Waals surface area contributed by atoms with Crippen LogP contribution in [0.1, 0.15) is 44.2 Å². The molecular weight excluding hydrogens is 274 g/mol. The van der Waals surface area contributed by atoms with E-state index in [2.05, 4.69) is 48.3 Å². The average molecular weight is 303 g/mol. The van der Waals surface area contributed by atoms with Crippen LogP contribution in [-0.2, 0) is 17.9 Å². The molecule has 0 amide bonds. The van der Waals surface area contributed by atoms with Crippen molar-refractivity contribution in [2.45, 2.75) is 46.3 Å². The lowest BCUT2D eigenvalue weighted by Crippen LogP contribution is -2.39. The Kier molecular flexibility index (Phi) is 7.23. The van der Waals surface area contributed by atoms with Crippen LogP contribution >= 0.6 is 0 Å². The zero-order chi connectivity index (χ0) is 15.6. The monoisotopic (exact) mass is 303 g/mol. The fourth-order valence-electron chi connectivity index (χ4n) is 2.69. The predicted molar refractivity (Wildman–Crippen MR) is 92.0 cm³/mol. The van der Waals surface area contributed by atoms with Crippen LogP contribution in [0.3, 0.4) is 0 Å². The van der Waals surface area contributed by atoms with Gasteiger partial charge >= 0.3 is 0 Å². The van der Waals surface area contributed by atoms with E-state index in [1.807, 2.05) is 0 Å². The second-order valence-corrected chi connectivity index (χ2v) is 5.69. The van der Waals surface area contributed by atoms with Crippen molar-refractivity contribution in [3.8, 4) is 0 Å². The Hall–Kier alpha value is -1.55. The Morgan fingerprint density at radius 3 is 2.59 bits per heavy atom. The average Bonchev–Trinajstić information content (AvgIpc) is 3.07. The molecule has 4 heteroatoms. The first-order chi connectivity index (χ1) is 10.8. The molecule has 0 radical (unpaired) electrons. The number of likely N-dealkylation sites (tertiary alicyclic amines) is 1. The lowest BCUT2D eigenvalue weighted by molar-refractivity contribution is 0.121. The number of benzene rings is 1. The van der Waals surface area contributed by atoms with Crippen LogP contribution < -0.4 is 5.32 Å². The number of guanidine groups is 1. The van der Waals surface area contributed by atoms with Crippen molar-refractivity contribution in [2.24, 2.45) is 4.99 Å². The van der Waals surface area contributed by atoms with E-state index in [1.54, 1.807) is 0 Å². The maximum absolute atomic E-state index is 5.69. The van der Waals surface area contributed by atoms with Gasteiger partial charge in [0.1, 0.15) is 0 Å². The van der Waals surface area contributed by atoms with Gasteiger partial charge in [-0.15, -0.1) is 0 Å². The molecular formula is C18H29N3O. The SMILES string of the molecule is CCCOCc1ccccc1CN=C(NCC)N1CCCC1. The van der Waals surface area contributed by atoms with Gasteiger partial charge in [0, 0.05) is 26.2 Å². The maximum atomic E-state index is 5.69. The molecule has 4 nitrogen and oxygen atoms in total. The van der Waals surface area contributed by atoms with Gasteiger partial charge in [0.15, 0.2) is 5.96 Å². The summed E-state index contributed by atoms with van der Waals surface area (Å²) in [6, 6.07) is 8.45. The number of aliphatic imine (C=N–C) groups is 1. The van der Waals surface area contributed by atoms with Gasteiger partial charge < -0.3 is 15.0 Å². The molecule has 1 saturated heterocycles. The molecule has 2 rings (SSSR count). The fourth-order valence-corrected chi connectivity index (χ4v) is 2.69. The van der Waals surface area contributed by atoms with E-state index < -0.39 is 0 Å². The Balaban J connectivity index is 2.02. The van der Waals surface area contributed by atoms with Crippen molar-refractivity contribution >= 4 is 5.96 Å². The number of nitrogens with zero attached hydrogens (tertiary/aromatic N) is 2. The second kappa shape index (κ2) is 9.46. The number of rotatable bonds is 7. The molecule has 1 N–H and O–H groups in total. The Morgan fingerprint density at radius 1 is 1.18 bits per heavy atom. The van der Waals surface area contributed by atoms with Crippen molar-refractivity contribution in [2.75, 3.05) is 26.2 Å². The fraction of sp³-hybridized carbons (Fsp3) is 0.611. The minimum absolute atomic E-state index is 0.680. The smallest absolute Gasteiger partial charge is 0.194 e. The molecule has 0 bridgehead atoms. The molecule has 0 saturated carbocycles. The summed E-state index contributed by atoms with van der Waals surface area (Å²) < 4.78 is 5.69. The highest BCUT2D eigenvalue weighted by Crippen LogP contribution is 2.13. The summed E-state index contributed by atoms with van der Waals surface area (Å²) in [7, 11) is 0. The van der Waals surface area contributed by atoms with Crippen molar-refractivity contribution in [1.82, 2.24) is 10.2 Å². The Morgan fingerprint density at radius 2 is 1.91 bits per heavy atom. The van der Waals surface area contributed by atoms with E-state index in [1.165, 1.54) is 24.0 Å². The van der Waals surface area contributed by atoms with Crippen LogP contribution in [-0.4, -0.2) is 37.1 Å². The molecule has 1 aromatic carbocycles. The topological polar surface area (TPSA) is 36.9 Å². The van der Waals surface area contributed by atoms with Gasteiger partial charge in [-0.1, -0.05) is 31.2 Å². The van der Waals surface area contributed by atoms with E-state index in [9.17, 15) is 0 Å². The Bertz CT molecular complexity index is 467.